The second-order valence-corrected chi connectivity index (χ2v) is 7.36. The first-order valence-electron chi connectivity index (χ1n) is 8.43. The lowest BCUT2D eigenvalue weighted by Crippen LogP contribution is -2.50. The molecule has 0 atom stereocenters. The predicted octanol–water partition coefficient (Wildman–Crippen LogP) is 1.73. The number of ether oxygens (including phenoxy) is 1. The number of hydrogen-bond donors (Lipinski definition) is 1. The van der Waals surface area contributed by atoms with Gasteiger partial charge in [0.25, 0.3) is 0 Å². The lowest BCUT2D eigenvalue weighted by Gasteiger charge is -2.54. The summed E-state index contributed by atoms with van der Waals surface area (Å²) in [5.74, 6) is 3.96. The van der Waals surface area contributed by atoms with Crippen LogP contribution in [0.3, 0.4) is 0 Å². The Morgan fingerprint density at radius 3 is 2.16 bits per heavy atom. The van der Waals surface area contributed by atoms with Gasteiger partial charge >= 0.3 is 0 Å². The van der Waals surface area contributed by atoms with E-state index in [9.17, 15) is 0 Å². The molecule has 4 bridgehead atoms. The summed E-state index contributed by atoms with van der Waals surface area (Å²) in [6.45, 7) is 6.81. The van der Waals surface area contributed by atoms with Gasteiger partial charge in [0.15, 0.2) is 0 Å². The Bertz CT molecular complexity index is 286. The normalized spacial score (nSPS) is 45.8. The monoisotopic (exact) mass is 264 g/mol. The average molecular weight is 264 g/mol. The van der Waals surface area contributed by atoms with Crippen LogP contribution >= 0.6 is 0 Å². The number of piperazine rings is 1. The second kappa shape index (κ2) is 5.34. The zero-order valence-electron chi connectivity index (χ0n) is 12.0. The molecule has 3 heteroatoms. The molecule has 0 aromatic heterocycles. The third-order valence-electron chi connectivity index (χ3n) is 6.07. The zero-order valence-corrected chi connectivity index (χ0v) is 12.0. The van der Waals surface area contributed by atoms with Crippen LogP contribution in [0.4, 0.5) is 0 Å². The van der Waals surface area contributed by atoms with E-state index in [2.05, 4.69) is 10.2 Å². The van der Waals surface area contributed by atoms with Gasteiger partial charge in [-0.05, 0) is 55.8 Å². The highest BCUT2D eigenvalue weighted by Gasteiger charge is 2.48. The number of rotatable bonds is 4. The molecule has 0 spiro atoms. The quantitative estimate of drug-likeness (QED) is 0.837. The van der Waals surface area contributed by atoms with Gasteiger partial charge in [0.2, 0.25) is 0 Å². The summed E-state index contributed by atoms with van der Waals surface area (Å²) in [5, 5.41) is 3.41. The molecule has 0 aromatic rings. The van der Waals surface area contributed by atoms with Gasteiger partial charge < -0.3 is 10.1 Å². The standard InChI is InChI=1S/C16H28N2O/c1-3-18(4-2-17-1)5-6-19-16-14-8-12-7-13(10-14)11-15(16)9-12/h12-17H,1-11H2. The van der Waals surface area contributed by atoms with Crippen molar-refractivity contribution in [2.24, 2.45) is 23.7 Å². The van der Waals surface area contributed by atoms with Crippen molar-refractivity contribution >= 4 is 0 Å². The van der Waals surface area contributed by atoms with Crippen molar-refractivity contribution in [1.82, 2.24) is 10.2 Å². The Kier molecular flexibility index (Phi) is 3.55. The van der Waals surface area contributed by atoms with Gasteiger partial charge in [-0.25, -0.2) is 0 Å². The minimum absolute atomic E-state index is 0.621. The molecule has 0 radical (unpaired) electrons. The largest absolute Gasteiger partial charge is 0.376 e. The van der Waals surface area contributed by atoms with Crippen LogP contribution in [0.15, 0.2) is 0 Å². The number of nitrogens with zero attached hydrogens (tertiary/aromatic N) is 1. The Labute approximate surface area is 117 Å². The topological polar surface area (TPSA) is 24.5 Å². The third kappa shape index (κ3) is 2.57. The molecule has 4 aliphatic carbocycles. The molecule has 1 saturated heterocycles. The molecule has 1 aliphatic heterocycles. The van der Waals surface area contributed by atoms with Crippen molar-refractivity contribution < 1.29 is 4.74 Å². The Balaban J connectivity index is 1.26. The van der Waals surface area contributed by atoms with E-state index in [-0.39, 0.29) is 0 Å². The molecule has 1 heterocycles. The van der Waals surface area contributed by atoms with Crippen LogP contribution in [-0.4, -0.2) is 50.3 Å². The summed E-state index contributed by atoms with van der Waals surface area (Å²) < 4.78 is 6.36. The summed E-state index contributed by atoms with van der Waals surface area (Å²) in [4.78, 5) is 2.55. The third-order valence-corrected chi connectivity index (χ3v) is 6.07. The van der Waals surface area contributed by atoms with Crippen molar-refractivity contribution in [2.45, 2.75) is 38.2 Å². The highest BCUT2D eigenvalue weighted by atomic mass is 16.5. The number of hydrogen-bond acceptors (Lipinski definition) is 3. The molecule has 0 unspecified atom stereocenters. The molecule has 5 rings (SSSR count). The Morgan fingerprint density at radius 2 is 1.53 bits per heavy atom. The van der Waals surface area contributed by atoms with Gasteiger partial charge in [0, 0.05) is 32.7 Å². The smallest absolute Gasteiger partial charge is 0.0632 e. The highest BCUT2D eigenvalue weighted by Crippen LogP contribution is 2.54. The lowest BCUT2D eigenvalue weighted by molar-refractivity contribution is -0.128. The van der Waals surface area contributed by atoms with Crippen molar-refractivity contribution in [1.29, 1.82) is 0 Å². The first-order chi connectivity index (χ1) is 9.38. The van der Waals surface area contributed by atoms with Crippen molar-refractivity contribution in [2.75, 3.05) is 39.3 Å². The van der Waals surface area contributed by atoms with Gasteiger partial charge in [0.05, 0.1) is 12.7 Å². The summed E-state index contributed by atoms with van der Waals surface area (Å²) in [7, 11) is 0. The first kappa shape index (κ1) is 12.6. The van der Waals surface area contributed by atoms with Crippen molar-refractivity contribution in [3.63, 3.8) is 0 Å². The van der Waals surface area contributed by atoms with E-state index in [0.29, 0.717) is 6.10 Å². The summed E-state index contributed by atoms with van der Waals surface area (Å²) in [6, 6.07) is 0. The van der Waals surface area contributed by atoms with E-state index in [4.69, 9.17) is 4.74 Å². The molecule has 3 nitrogen and oxygen atoms in total. The molecule has 0 amide bonds. The summed E-state index contributed by atoms with van der Waals surface area (Å²) in [5.41, 5.74) is 0. The number of nitrogens with one attached hydrogen (secondary N) is 1. The molecule has 19 heavy (non-hydrogen) atoms. The zero-order chi connectivity index (χ0) is 12.7. The maximum atomic E-state index is 6.36. The second-order valence-electron chi connectivity index (χ2n) is 7.36. The predicted molar refractivity (Wildman–Crippen MR) is 76.1 cm³/mol. The molecule has 0 aromatic carbocycles. The molecular formula is C16H28N2O. The van der Waals surface area contributed by atoms with E-state index in [0.717, 1.165) is 49.9 Å². The lowest BCUT2D eigenvalue weighted by atomic mass is 9.55. The molecular weight excluding hydrogens is 236 g/mol. The maximum absolute atomic E-state index is 6.36. The van der Waals surface area contributed by atoms with Crippen molar-refractivity contribution in [3.8, 4) is 0 Å². The molecule has 1 N–H and O–H groups in total. The van der Waals surface area contributed by atoms with Crippen LogP contribution < -0.4 is 5.32 Å². The fourth-order valence-electron chi connectivity index (χ4n) is 5.40. The molecule has 4 saturated carbocycles. The maximum Gasteiger partial charge on any atom is 0.0632 e. The van der Waals surface area contributed by atoms with Gasteiger partial charge in [0.1, 0.15) is 0 Å². The van der Waals surface area contributed by atoms with Crippen LogP contribution in [0.1, 0.15) is 32.1 Å². The van der Waals surface area contributed by atoms with E-state index < -0.39 is 0 Å². The van der Waals surface area contributed by atoms with E-state index >= 15 is 0 Å². The first-order valence-corrected chi connectivity index (χ1v) is 8.43. The van der Waals surface area contributed by atoms with Crippen LogP contribution in [0.5, 0.6) is 0 Å². The average Bonchev–Trinajstić information content (AvgIpc) is 2.42. The molecule has 5 aliphatic rings. The van der Waals surface area contributed by atoms with Gasteiger partial charge in [-0.15, -0.1) is 0 Å². The van der Waals surface area contributed by atoms with E-state index in [1.54, 1.807) is 6.42 Å². The van der Waals surface area contributed by atoms with E-state index in [1.807, 2.05) is 0 Å². The Hall–Kier alpha value is -0.120. The molecule has 5 fully saturated rings. The summed E-state index contributed by atoms with van der Waals surface area (Å²) in [6.07, 6.45) is 8.07. The fraction of sp³-hybridized carbons (Fsp3) is 1.00. The van der Waals surface area contributed by atoms with Crippen LogP contribution in [-0.2, 0) is 4.74 Å². The SMILES string of the molecule is C1CN(CCOC2C3CC4CC(C3)CC2C4)CCN1. The van der Waals surface area contributed by atoms with Crippen molar-refractivity contribution in [3.05, 3.63) is 0 Å². The van der Waals surface area contributed by atoms with Gasteiger partial charge in [-0.3, -0.25) is 4.90 Å². The van der Waals surface area contributed by atoms with Gasteiger partial charge in [-0.2, -0.15) is 0 Å². The Morgan fingerprint density at radius 1 is 0.895 bits per heavy atom. The minimum Gasteiger partial charge on any atom is -0.376 e. The minimum atomic E-state index is 0.621. The van der Waals surface area contributed by atoms with Crippen LogP contribution in [0.2, 0.25) is 0 Å². The van der Waals surface area contributed by atoms with E-state index in [1.165, 1.54) is 38.8 Å². The van der Waals surface area contributed by atoms with Crippen LogP contribution in [0.25, 0.3) is 0 Å². The highest BCUT2D eigenvalue weighted by molar-refractivity contribution is 4.99. The van der Waals surface area contributed by atoms with Gasteiger partial charge in [-0.1, -0.05) is 0 Å². The fourth-order valence-corrected chi connectivity index (χ4v) is 5.40. The summed E-state index contributed by atoms with van der Waals surface area (Å²) >= 11 is 0. The van der Waals surface area contributed by atoms with Crippen LogP contribution in [0, 0.1) is 23.7 Å². The molecule has 108 valence electrons.